The molecule has 0 amide bonds. The number of carbonyl (C=O) groups is 1. The lowest BCUT2D eigenvalue weighted by molar-refractivity contribution is -0.143. The molecular formula is C33H64O2. The van der Waals surface area contributed by atoms with Gasteiger partial charge in [0, 0.05) is 6.42 Å². The smallest absolute Gasteiger partial charge is 0.305 e. The molecule has 0 aliphatic carbocycles. The van der Waals surface area contributed by atoms with Crippen LogP contribution in [0.5, 0.6) is 0 Å². The highest BCUT2D eigenvalue weighted by Crippen LogP contribution is 2.13. The van der Waals surface area contributed by atoms with E-state index in [0.717, 1.165) is 12.8 Å². The van der Waals surface area contributed by atoms with Crippen molar-refractivity contribution in [3.63, 3.8) is 0 Å². The van der Waals surface area contributed by atoms with Crippen LogP contribution in [-0.4, -0.2) is 12.6 Å². The summed E-state index contributed by atoms with van der Waals surface area (Å²) in [6.07, 6.45) is 39.7. The van der Waals surface area contributed by atoms with E-state index in [1.165, 1.54) is 154 Å². The Labute approximate surface area is 221 Å². The van der Waals surface area contributed by atoms with E-state index in [1.54, 1.807) is 0 Å². The normalized spacial score (nSPS) is 11.5. The minimum atomic E-state index is 0.0191. The maximum atomic E-state index is 11.8. The van der Waals surface area contributed by atoms with Crippen molar-refractivity contribution in [3.8, 4) is 0 Å². The van der Waals surface area contributed by atoms with Crippen LogP contribution in [0.15, 0.2) is 12.2 Å². The number of allylic oxidation sites excluding steroid dienone is 2. The zero-order chi connectivity index (χ0) is 25.5. The van der Waals surface area contributed by atoms with Crippen LogP contribution in [0.1, 0.15) is 187 Å². The standard InChI is InChI=1S/C33H64O2/c1-3-5-7-9-11-13-14-15-16-17-18-19-20-21-22-23-25-27-29-31-33(34)35-32-30-28-26-24-12-10-8-6-4-2/h15-16H,3-14,17-32H2,1-2H3/b16-15+. The highest BCUT2D eigenvalue weighted by Gasteiger charge is 2.02. The average molecular weight is 493 g/mol. The fourth-order valence-corrected chi connectivity index (χ4v) is 4.72. The van der Waals surface area contributed by atoms with Gasteiger partial charge in [0.25, 0.3) is 0 Å². The molecule has 0 atom stereocenters. The second kappa shape index (κ2) is 31.2. The minimum absolute atomic E-state index is 0.0191. The van der Waals surface area contributed by atoms with E-state index in [4.69, 9.17) is 4.74 Å². The van der Waals surface area contributed by atoms with Gasteiger partial charge in [0.2, 0.25) is 0 Å². The van der Waals surface area contributed by atoms with Gasteiger partial charge in [-0.1, -0.05) is 154 Å². The zero-order valence-corrected chi connectivity index (χ0v) is 24.3. The molecular weight excluding hydrogens is 428 g/mol. The summed E-state index contributed by atoms with van der Waals surface area (Å²) < 4.78 is 5.39. The lowest BCUT2D eigenvalue weighted by atomic mass is 10.1. The highest BCUT2D eigenvalue weighted by molar-refractivity contribution is 5.69. The summed E-state index contributed by atoms with van der Waals surface area (Å²) in [6.45, 7) is 5.18. The highest BCUT2D eigenvalue weighted by atomic mass is 16.5. The average Bonchev–Trinajstić information content (AvgIpc) is 2.86. The molecule has 0 saturated carbocycles. The maximum Gasteiger partial charge on any atom is 0.305 e. The zero-order valence-electron chi connectivity index (χ0n) is 24.3. The Bertz CT molecular complexity index is 429. The molecule has 0 spiro atoms. The number of carbonyl (C=O) groups excluding carboxylic acids is 1. The molecule has 0 heterocycles. The summed E-state index contributed by atoms with van der Waals surface area (Å²) in [5.74, 6) is 0.0191. The van der Waals surface area contributed by atoms with Gasteiger partial charge < -0.3 is 4.74 Å². The summed E-state index contributed by atoms with van der Waals surface area (Å²) in [5.41, 5.74) is 0. The van der Waals surface area contributed by atoms with E-state index in [1.807, 2.05) is 0 Å². The second-order valence-corrected chi connectivity index (χ2v) is 10.8. The molecule has 0 aromatic rings. The number of ether oxygens (including phenoxy) is 1. The molecule has 35 heavy (non-hydrogen) atoms. The quantitative estimate of drug-likeness (QED) is 0.0589. The van der Waals surface area contributed by atoms with Crippen LogP contribution in [0.4, 0.5) is 0 Å². The molecule has 0 aliphatic heterocycles. The largest absolute Gasteiger partial charge is 0.466 e. The molecule has 0 unspecified atom stereocenters. The van der Waals surface area contributed by atoms with Crippen LogP contribution in [-0.2, 0) is 9.53 Å². The van der Waals surface area contributed by atoms with Crippen LogP contribution in [0.25, 0.3) is 0 Å². The van der Waals surface area contributed by atoms with Crippen molar-refractivity contribution in [1.82, 2.24) is 0 Å². The molecule has 0 aliphatic rings. The van der Waals surface area contributed by atoms with Gasteiger partial charge in [0.05, 0.1) is 6.61 Å². The maximum absolute atomic E-state index is 11.8. The van der Waals surface area contributed by atoms with Crippen molar-refractivity contribution < 1.29 is 9.53 Å². The van der Waals surface area contributed by atoms with E-state index in [-0.39, 0.29) is 5.97 Å². The Hall–Kier alpha value is -0.790. The molecule has 208 valence electrons. The SMILES string of the molecule is CCCCCCCC/C=C/CCCCCCCCCCCC(=O)OCCCCCCCCCCC. The van der Waals surface area contributed by atoms with Crippen molar-refractivity contribution in [2.24, 2.45) is 0 Å². The van der Waals surface area contributed by atoms with Crippen LogP contribution < -0.4 is 0 Å². The number of unbranched alkanes of at least 4 members (excludes halogenated alkanes) is 23. The Kier molecular flexibility index (Phi) is 30.5. The summed E-state index contributed by atoms with van der Waals surface area (Å²) in [5, 5.41) is 0. The lowest BCUT2D eigenvalue weighted by Crippen LogP contribution is -2.05. The Morgan fingerprint density at radius 2 is 0.800 bits per heavy atom. The third kappa shape index (κ3) is 31.2. The topological polar surface area (TPSA) is 26.3 Å². The van der Waals surface area contributed by atoms with Gasteiger partial charge in [-0.2, -0.15) is 0 Å². The first-order chi connectivity index (χ1) is 17.3. The van der Waals surface area contributed by atoms with Gasteiger partial charge in [-0.05, 0) is 38.5 Å². The van der Waals surface area contributed by atoms with Gasteiger partial charge in [-0.3, -0.25) is 4.79 Å². The third-order valence-electron chi connectivity index (χ3n) is 7.15. The van der Waals surface area contributed by atoms with E-state index in [9.17, 15) is 4.79 Å². The molecule has 0 bridgehead atoms. The third-order valence-corrected chi connectivity index (χ3v) is 7.15. The molecule has 0 aromatic carbocycles. The molecule has 0 N–H and O–H groups in total. The van der Waals surface area contributed by atoms with Crippen molar-refractivity contribution in [2.75, 3.05) is 6.61 Å². The van der Waals surface area contributed by atoms with E-state index < -0.39 is 0 Å². The molecule has 0 aromatic heterocycles. The molecule has 2 heteroatoms. The number of esters is 1. The van der Waals surface area contributed by atoms with E-state index in [0.29, 0.717) is 13.0 Å². The lowest BCUT2D eigenvalue weighted by Gasteiger charge is -2.05. The summed E-state index contributed by atoms with van der Waals surface area (Å²) in [6, 6.07) is 0. The fraction of sp³-hybridized carbons (Fsp3) is 0.909. The number of hydrogen-bond acceptors (Lipinski definition) is 2. The molecule has 0 rings (SSSR count). The van der Waals surface area contributed by atoms with Gasteiger partial charge in [-0.25, -0.2) is 0 Å². The molecule has 0 radical (unpaired) electrons. The van der Waals surface area contributed by atoms with E-state index in [2.05, 4.69) is 26.0 Å². The van der Waals surface area contributed by atoms with E-state index >= 15 is 0 Å². The van der Waals surface area contributed by atoms with Gasteiger partial charge >= 0.3 is 5.97 Å². The van der Waals surface area contributed by atoms with Crippen molar-refractivity contribution in [2.45, 2.75) is 187 Å². The predicted octanol–water partition coefficient (Wildman–Crippen LogP) is 11.7. The van der Waals surface area contributed by atoms with Gasteiger partial charge in [0.1, 0.15) is 0 Å². The summed E-state index contributed by atoms with van der Waals surface area (Å²) in [4.78, 5) is 11.8. The first kappa shape index (κ1) is 34.2. The second-order valence-electron chi connectivity index (χ2n) is 10.8. The van der Waals surface area contributed by atoms with Crippen LogP contribution >= 0.6 is 0 Å². The molecule has 0 fully saturated rings. The van der Waals surface area contributed by atoms with Crippen molar-refractivity contribution >= 4 is 5.97 Å². The molecule has 2 nitrogen and oxygen atoms in total. The Morgan fingerprint density at radius 3 is 1.23 bits per heavy atom. The number of hydrogen-bond donors (Lipinski definition) is 0. The first-order valence-corrected chi connectivity index (χ1v) is 16.1. The number of rotatable bonds is 29. The van der Waals surface area contributed by atoms with Crippen LogP contribution in [0, 0.1) is 0 Å². The summed E-state index contributed by atoms with van der Waals surface area (Å²) >= 11 is 0. The van der Waals surface area contributed by atoms with Crippen molar-refractivity contribution in [3.05, 3.63) is 12.2 Å². The Balaban J connectivity index is 3.17. The minimum Gasteiger partial charge on any atom is -0.466 e. The molecule has 0 saturated heterocycles. The van der Waals surface area contributed by atoms with Gasteiger partial charge in [-0.15, -0.1) is 0 Å². The first-order valence-electron chi connectivity index (χ1n) is 16.1. The predicted molar refractivity (Wildman–Crippen MR) is 156 cm³/mol. The van der Waals surface area contributed by atoms with Gasteiger partial charge in [0.15, 0.2) is 0 Å². The summed E-state index contributed by atoms with van der Waals surface area (Å²) in [7, 11) is 0. The fourth-order valence-electron chi connectivity index (χ4n) is 4.72. The van der Waals surface area contributed by atoms with Crippen molar-refractivity contribution in [1.29, 1.82) is 0 Å². The Morgan fingerprint density at radius 1 is 0.457 bits per heavy atom. The van der Waals surface area contributed by atoms with Crippen LogP contribution in [0.2, 0.25) is 0 Å². The van der Waals surface area contributed by atoms with Crippen LogP contribution in [0.3, 0.4) is 0 Å². The monoisotopic (exact) mass is 492 g/mol.